The fourth-order valence-electron chi connectivity index (χ4n) is 5.84. The van der Waals surface area contributed by atoms with Crippen molar-refractivity contribution in [1.29, 1.82) is 0 Å². The molecule has 7 N–H and O–H groups in total. The monoisotopic (exact) mass is 705 g/mol. The third kappa shape index (κ3) is 11.3. The molecule has 15 nitrogen and oxygen atoms in total. The number of primary amides is 1. The Morgan fingerprint density at radius 3 is 2.41 bits per heavy atom. The van der Waals surface area contributed by atoms with Crippen LogP contribution in [0.4, 0.5) is 0 Å². The van der Waals surface area contributed by atoms with Gasteiger partial charge in [-0.15, -0.1) is 0 Å². The summed E-state index contributed by atoms with van der Waals surface area (Å²) < 4.78 is 5.91. The molecule has 51 heavy (non-hydrogen) atoms. The van der Waals surface area contributed by atoms with E-state index in [0.717, 1.165) is 17.5 Å². The van der Waals surface area contributed by atoms with Crippen molar-refractivity contribution in [2.45, 2.75) is 90.1 Å². The number of fused-ring (bicyclic) bond motifs is 1. The predicted molar refractivity (Wildman–Crippen MR) is 185 cm³/mol. The molecule has 1 saturated heterocycles. The number of hydrogen-bond donors (Lipinski definition) is 6. The minimum Gasteiger partial charge on any atom is -0.491 e. The maximum atomic E-state index is 13.6. The number of carbonyl (C=O) groups is 7. The molecule has 0 aliphatic carbocycles. The van der Waals surface area contributed by atoms with Crippen LogP contribution in [0.25, 0.3) is 0 Å². The first-order valence-corrected chi connectivity index (χ1v) is 17.1. The molecule has 0 spiro atoms. The van der Waals surface area contributed by atoms with E-state index in [1.807, 2.05) is 24.3 Å². The normalized spacial score (nSPS) is 22.1. The average molecular weight is 706 g/mol. The first-order chi connectivity index (χ1) is 24.3. The van der Waals surface area contributed by atoms with Crippen molar-refractivity contribution < 1.29 is 38.3 Å². The van der Waals surface area contributed by atoms with E-state index >= 15 is 0 Å². The van der Waals surface area contributed by atoms with Crippen LogP contribution in [0.5, 0.6) is 5.75 Å². The van der Waals surface area contributed by atoms with Gasteiger partial charge >= 0.3 is 0 Å². The second-order valence-corrected chi connectivity index (χ2v) is 13.3. The van der Waals surface area contributed by atoms with Gasteiger partial charge in [0.25, 0.3) is 5.91 Å². The van der Waals surface area contributed by atoms with E-state index in [9.17, 15) is 33.6 Å². The number of rotatable bonds is 9. The fourth-order valence-corrected chi connectivity index (χ4v) is 5.84. The standard InChI is InChI=1S/C36H47N7O8/c1-21(2)32-36(50)39-22(3)20-51-28-11-5-4-10-25(28)33(47)41-27(17-30(45)40-26(35(49)42-32)13-14-29(37)44)34(48)38-18-23-8-6-9-24(16-23)19-43-15-7-12-31(43)46/h4-6,8-11,16,21-22,26-27,32H,7,12-15,17-20H2,1-3H3,(H2,37,44)(H,38,48)(H,39,50)(H,40,45)(H,41,47)(H,42,49)/t22-,26-,27-,32+/m0/s1. The van der Waals surface area contributed by atoms with E-state index in [1.165, 1.54) is 6.07 Å². The number of amides is 7. The lowest BCUT2D eigenvalue weighted by Gasteiger charge is -2.26. The van der Waals surface area contributed by atoms with Crippen LogP contribution in [0.2, 0.25) is 0 Å². The van der Waals surface area contributed by atoms with Crippen molar-refractivity contribution in [2.75, 3.05) is 13.2 Å². The summed E-state index contributed by atoms with van der Waals surface area (Å²) in [7, 11) is 0. The molecular formula is C36H47N7O8. The van der Waals surface area contributed by atoms with Gasteiger partial charge in [0.05, 0.1) is 18.0 Å². The average Bonchev–Trinajstić information content (AvgIpc) is 3.49. The highest BCUT2D eigenvalue weighted by Crippen LogP contribution is 2.19. The first-order valence-electron chi connectivity index (χ1n) is 17.1. The molecule has 0 bridgehead atoms. The van der Waals surface area contributed by atoms with E-state index in [-0.39, 0.29) is 49.1 Å². The summed E-state index contributed by atoms with van der Waals surface area (Å²) in [4.78, 5) is 92.9. The van der Waals surface area contributed by atoms with Gasteiger partial charge in [-0.05, 0) is 48.9 Å². The van der Waals surface area contributed by atoms with Crippen LogP contribution in [0.3, 0.4) is 0 Å². The van der Waals surface area contributed by atoms with Gasteiger partial charge in [-0.25, -0.2) is 0 Å². The lowest BCUT2D eigenvalue weighted by molar-refractivity contribution is -0.134. The van der Waals surface area contributed by atoms with Gasteiger partial charge in [0.1, 0.15) is 30.5 Å². The quantitative estimate of drug-likeness (QED) is 0.214. The van der Waals surface area contributed by atoms with Crippen LogP contribution in [0, 0.1) is 5.92 Å². The summed E-state index contributed by atoms with van der Waals surface area (Å²) in [5.74, 6) is -4.11. The number of nitrogens with two attached hydrogens (primary N) is 1. The van der Waals surface area contributed by atoms with Crippen molar-refractivity contribution in [3.63, 3.8) is 0 Å². The third-order valence-electron chi connectivity index (χ3n) is 8.60. The zero-order valence-corrected chi connectivity index (χ0v) is 29.2. The third-order valence-corrected chi connectivity index (χ3v) is 8.60. The second-order valence-electron chi connectivity index (χ2n) is 13.3. The lowest BCUT2D eigenvalue weighted by Crippen LogP contribution is -2.57. The molecule has 2 aliphatic rings. The van der Waals surface area contributed by atoms with E-state index in [0.29, 0.717) is 19.5 Å². The minimum absolute atomic E-state index is 0.0228. The fraction of sp³-hybridized carbons (Fsp3) is 0.472. The molecule has 0 unspecified atom stereocenters. The minimum atomic E-state index is -1.39. The molecular weight excluding hydrogens is 658 g/mol. The van der Waals surface area contributed by atoms with Crippen LogP contribution in [0.1, 0.15) is 74.4 Å². The molecule has 4 rings (SSSR count). The van der Waals surface area contributed by atoms with E-state index < -0.39 is 66.0 Å². The van der Waals surface area contributed by atoms with Crippen molar-refractivity contribution in [3.05, 3.63) is 65.2 Å². The van der Waals surface area contributed by atoms with Crippen molar-refractivity contribution in [1.82, 2.24) is 31.5 Å². The highest BCUT2D eigenvalue weighted by atomic mass is 16.5. The Labute approximate surface area is 296 Å². The first kappa shape index (κ1) is 38.3. The Morgan fingerprint density at radius 1 is 0.961 bits per heavy atom. The number of nitrogens with one attached hydrogen (secondary N) is 5. The van der Waals surface area contributed by atoms with Crippen molar-refractivity contribution in [3.8, 4) is 5.75 Å². The van der Waals surface area contributed by atoms with Crippen LogP contribution in [-0.4, -0.2) is 83.6 Å². The van der Waals surface area contributed by atoms with Gasteiger partial charge in [-0.1, -0.05) is 50.2 Å². The molecule has 2 aliphatic heterocycles. The largest absolute Gasteiger partial charge is 0.491 e. The number of carbonyl (C=O) groups excluding carboxylic acids is 7. The van der Waals surface area contributed by atoms with Gasteiger partial charge in [0.2, 0.25) is 35.4 Å². The topological polar surface area (TPSA) is 218 Å². The smallest absolute Gasteiger partial charge is 0.255 e. The molecule has 2 aromatic carbocycles. The molecule has 274 valence electrons. The zero-order chi connectivity index (χ0) is 37.1. The summed E-state index contributed by atoms with van der Waals surface area (Å²) in [6.45, 7) is 6.37. The summed E-state index contributed by atoms with van der Waals surface area (Å²) >= 11 is 0. The molecule has 15 heteroatoms. The Morgan fingerprint density at radius 2 is 1.71 bits per heavy atom. The number of ether oxygens (including phenoxy) is 1. The van der Waals surface area contributed by atoms with Gasteiger partial charge in [0.15, 0.2) is 0 Å². The van der Waals surface area contributed by atoms with Gasteiger partial charge in [-0.2, -0.15) is 0 Å². The molecule has 0 aromatic heterocycles. The Bertz CT molecular complexity index is 1630. The van der Waals surface area contributed by atoms with E-state index in [4.69, 9.17) is 10.5 Å². The van der Waals surface area contributed by atoms with Gasteiger partial charge < -0.3 is 42.0 Å². The van der Waals surface area contributed by atoms with Crippen LogP contribution < -0.4 is 37.1 Å². The van der Waals surface area contributed by atoms with Crippen LogP contribution >= 0.6 is 0 Å². The van der Waals surface area contributed by atoms with E-state index in [1.54, 1.807) is 43.9 Å². The molecule has 7 amide bonds. The van der Waals surface area contributed by atoms with Gasteiger partial charge in [-0.3, -0.25) is 33.6 Å². The number of benzene rings is 2. The maximum Gasteiger partial charge on any atom is 0.255 e. The summed E-state index contributed by atoms with van der Waals surface area (Å²) in [6.07, 6.45) is 0.366. The molecule has 0 radical (unpaired) electrons. The molecule has 2 heterocycles. The SMILES string of the molecule is CC(C)[C@H]1NC(=O)[C@H](CCC(N)=O)NC(=O)C[C@@H](C(=O)NCc2cccc(CN3CCCC3=O)c2)NC(=O)c2ccccc2OC[C@H](C)NC1=O. The maximum absolute atomic E-state index is 13.6. The predicted octanol–water partition coefficient (Wildman–Crippen LogP) is 0.402. The van der Waals surface area contributed by atoms with Crippen LogP contribution in [0.15, 0.2) is 48.5 Å². The molecule has 0 saturated carbocycles. The number of nitrogens with zero attached hydrogens (tertiary/aromatic N) is 1. The van der Waals surface area contributed by atoms with Crippen molar-refractivity contribution in [2.24, 2.45) is 11.7 Å². The van der Waals surface area contributed by atoms with E-state index in [2.05, 4.69) is 26.6 Å². The molecule has 4 atom stereocenters. The summed E-state index contributed by atoms with van der Waals surface area (Å²) in [5, 5.41) is 13.4. The second kappa shape index (κ2) is 18.0. The molecule has 2 aromatic rings. The lowest BCUT2D eigenvalue weighted by atomic mass is 10.0. The number of hydrogen-bond acceptors (Lipinski definition) is 8. The summed E-state index contributed by atoms with van der Waals surface area (Å²) in [5.41, 5.74) is 7.07. The number of para-hydroxylation sites is 1. The Balaban J connectivity index is 1.59. The molecule has 1 fully saturated rings. The highest BCUT2D eigenvalue weighted by molar-refractivity contribution is 6.01. The van der Waals surface area contributed by atoms with Crippen LogP contribution in [-0.2, 0) is 41.9 Å². The zero-order valence-electron chi connectivity index (χ0n) is 29.2. The number of likely N-dealkylation sites (tertiary alicyclic amines) is 1. The highest BCUT2D eigenvalue weighted by Gasteiger charge is 2.32. The van der Waals surface area contributed by atoms with Gasteiger partial charge in [0, 0.05) is 32.5 Å². The summed E-state index contributed by atoms with van der Waals surface area (Å²) in [6, 6.07) is 9.56. The Hall–Kier alpha value is -5.47. The Kier molecular flexibility index (Phi) is 13.5. The van der Waals surface area contributed by atoms with Crippen molar-refractivity contribution >= 4 is 41.4 Å².